The number of thioether (sulfide) groups is 1. The second kappa shape index (κ2) is 27.6. The van der Waals surface area contributed by atoms with Crippen molar-refractivity contribution in [3.8, 4) is 0 Å². The number of para-hydroxylation sites is 1. The molecule has 1 atom stereocenters. The Hall–Kier alpha value is -2.95. The van der Waals surface area contributed by atoms with Crippen LogP contribution in [0.25, 0.3) is 0 Å². The van der Waals surface area contributed by atoms with Gasteiger partial charge in [-0.2, -0.15) is 13.2 Å². The van der Waals surface area contributed by atoms with Crippen LogP contribution in [-0.2, 0) is 0 Å². The quantitative estimate of drug-likeness (QED) is 0.157. The number of hydrogen-bond donors (Lipinski definition) is 4. The van der Waals surface area contributed by atoms with Gasteiger partial charge in [0.05, 0.1) is 30.3 Å². The number of nitrogens with zero attached hydrogens (tertiary/aromatic N) is 3. The minimum absolute atomic E-state index is 0.111. The van der Waals surface area contributed by atoms with E-state index < -0.39 is 5.51 Å². The Morgan fingerprint density at radius 3 is 1.83 bits per heavy atom. The number of hydrogen-bond acceptors (Lipinski definition) is 8. The third-order valence-electron chi connectivity index (χ3n) is 8.18. The van der Waals surface area contributed by atoms with Crippen molar-refractivity contribution >= 4 is 35.0 Å². The Morgan fingerprint density at radius 1 is 0.769 bits per heavy atom. The van der Waals surface area contributed by atoms with E-state index in [1.807, 2.05) is 34.6 Å². The highest BCUT2D eigenvalue weighted by Crippen LogP contribution is 2.40. The van der Waals surface area contributed by atoms with Gasteiger partial charge in [0, 0.05) is 49.1 Å². The second-order valence-electron chi connectivity index (χ2n) is 13.3. The lowest BCUT2D eigenvalue weighted by Gasteiger charge is -2.21. The lowest BCUT2D eigenvalue weighted by atomic mass is 9.96. The Labute approximate surface area is 318 Å². The molecule has 52 heavy (non-hydrogen) atoms. The molecule has 1 aromatic carbocycles. The average Bonchev–Trinajstić information content (AvgIpc) is 3.90. The first kappa shape index (κ1) is 47.1. The first-order chi connectivity index (χ1) is 25.0. The molecule has 1 saturated carbocycles. The first-order valence-corrected chi connectivity index (χ1v) is 20.6. The van der Waals surface area contributed by atoms with Crippen LogP contribution in [0.3, 0.4) is 0 Å². The molecule has 1 unspecified atom stereocenters. The van der Waals surface area contributed by atoms with Crippen LogP contribution in [-0.4, -0.2) is 67.3 Å². The van der Waals surface area contributed by atoms with Crippen LogP contribution in [0.4, 0.5) is 18.9 Å². The molecular formula is C41H70F3N7S. The molecule has 7 nitrogen and oxygen atoms in total. The molecular weight excluding hydrogens is 680 g/mol. The number of nitrogens with one attached hydrogen (secondary N) is 4. The highest BCUT2D eigenvalue weighted by molar-refractivity contribution is 8.00. The van der Waals surface area contributed by atoms with Gasteiger partial charge in [0.2, 0.25) is 0 Å². The summed E-state index contributed by atoms with van der Waals surface area (Å²) in [5.41, 5.74) is -1.15. The minimum atomic E-state index is -4.29. The van der Waals surface area contributed by atoms with Crippen LogP contribution < -0.4 is 21.3 Å². The van der Waals surface area contributed by atoms with E-state index in [-0.39, 0.29) is 22.7 Å². The summed E-state index contributed by atoms with van der Waals surface area (Å²) in [6.07, 6.45) is 19.1. The predicted molar refractivity (Wildman–Crippen MR) is 223 cm³/mol. The maximum Gasteiger partial charge on any atom is 0.446 e. The van der Waals surface area contributed by atoms with Gasteiger partial charge in [-0.15, -0.1) is 0 Å². The zero-order valence-corrected chi connectivity index (χ0v) is 34.5. The van der Waals surface area contributed by atoms with Crippen molar-refractivity contribution in [1.29, 1.82) is 0 Å². The normalized spacial score (nSPS) is 17.4. The number of alkyl halides is 3. The summed E-state index contributed by atoms with van der Waals surface area (Å²) in [5, 5.41) is 13.3. The summed E-state index contributed by atoms with van der Waals surface area (Å²) < 4.78 is 37.4. The lowest BCUT2D eigenvalue weighted by molar-refractivity contribution is -0.0328. The topological polar surface area (TPSA) is 85.2 Å². The maximum atomic E-state index is 12.5. The van der Waals surface area contributed by atoms with E-state index in [9.17, 15) is 13.2 Å². The minimum Gasteiger partial charge on any atom is -0.375 e. The largest absolute Gasteiger partial charge is 0.446 e. The Kier molecular flexibility index (Phi) is 25.0. The molecule has 4 N–H and O–H groups in total. The number of halogens is 3. The van der Waals surface area contributed by atoms with Gasteiger partial charge >= 0.3 is 5.51 Å². The number of anilines is 1. The molecule has 296 valence electrons. The fourth-order valence-corrected chi connectivity index (χ4v) is 6.63. The van der Waals surface area contributed by atoms with Crippen molar-refractivity contribution in [3.63, 3.8) is 0 Å². The third-order valence-corrected chi connectivity index (χ3v) is 8.99. The van der Waals surface area contributed by atoms with E-state index in [1.165, 1.54) is 87.3 Å². The highest BCUT2D eigenvalue weighted by atomic mass is 32.2. The molecule has 1 aliphatic carbocycles. The van der Waals surface area contributed by atoms with E-state index in [0.29, 0.717) is 18.3 Å². The van der Waals surface area contributed by atoms with Gasteiger partial charge in [-0.3, -0.25) is 15.0 Å². The van der Waals surface area contributed by atoms with Crippen LogP contribution in [0.2, 0.25) is 0 Å². The summed E-state index contributed by atoms with van der Waals surface area (Å²) in [5.74, 6) is 3.23. The van der Waals surface area contributed by atoms with Gasteiger partial charge in [-0.25, -0.2) is 0 Å². The second-order valence-corrected chi connectivity index (χ2v) is 14.4. The first-order valence-electron chi connectivity index (χ1n) is 19.8. The number of rotatable bonds is 8. The molecule has 0 amide bonds. The van der Waals surface area contributed by atoms with Gasteiger partial charge in [0.25, 0.3) is 0 Å². The molecule has 0 bridgehead atoms. The molecule has 3 aliphatic heterocycles. The van der Waals surface area contributed by atoms with Crippen molar-refractivity contribution in [2.75, 3.05) is 31.5 Å². The van der Waals surface area contributed by atoms with E-state index in [2.05, 4.69) is 76.1 Å². The standard InChI is InChI=1S/C13H22N2.C12H14F3N3S.C12H22N2.2C2H6/c1-10(2)8-12(9-11(3)4)15-13-6-5-7-14-13;1-8(11-16-6-7-17-11)18-9-4-2-3-5-10(9)19-12(13,14)15;1-2-4-7-11(8-5-3-1)14-12-9-6-10-13-12;2*1-2/h8-9,12H,5-7H2,1-4H3,(H,14,15);2-5,8,18H,6-7H2,1H3,(H,16,17);11H,1-10H2,(H,13,14);2*1-2H3. The van der Waals surface area contributed by atoms with Crippen LogP contribution in [0.1, 0.15) is 133 Å². The van der Waals surface area contributed by atoms with Crippen LogP contribution >= 0.6 is 11.8 Å². The maximum absolute atomic E-state index is 12.5. The summed E-state index contributed by atoms with van der Waals surface area (Å²) in [6, 6.07) is 7.28. The molecule has 1 fully saturated rings. The van der Waals surface area contributed by atoms with E-state index in [4.69, 9.17) is 0 Å². The van der Waals surface area contributed by atoms with Crippen molar-refractivity contribution in [3.05, 3.63) is 47.6 Å². The van der Waals surface area contributed by atoms with Crippen molar-refractivity contribution in [2.24, 2.45) is 15.0 Å². The van der Waals surface area contributed by atoms with Gasteiger partial charge < -0.3 is 21.3 Å². The fourth-order valence-electron chi connectivity index (χ4n) is 6.00. The third kappa shape index (κ3) is 21.5. The molecule has 4 aliphatic rings. The molecule has 0 aromatic heterocycles. The molecule has 0 radical (unpaired) electrons. The van der Waals surface area contributed by atoms with Crippen LogP contribution in [0.5, 0.6) is 0 Å². The van der Waals surface area contributed by atoms with Crippen LogP contribution in [0, 0.1) is 0 Å². The summed E-state index contributed by atoms with van der Waals surface area (Å²) in [4.78, 5) is 13.3. The van der Waals surface area contributed by atoms with Gasteiger partial charge in [0.15, 0.2) is 0 Å². The SMILES string of the molecule is C1CCCC(NC2=NCCC2)CCC1.CC.CC.CC(C)=CC(C=C(C)C)NC1=NCCC1.CC(Nc1ccccc1SC(F)(F)F)C1=NCCN1. The number of aliphatic imine (C=N–C) groups is 3. The molecule has 11 heteroatoms. The predicted octanol–water partition coefficient (Wildman–Crippen LogP) is 11.1. The zero-order chi connectivity index (χ0) is 38.8. The van der Waals surface area contributed by atoms with Gasteiger partial charge in [-0.05, 0) is 84.2 Å². The fraction of sp³-hybridized carbons (Fsp3) is 0.683. The van der Waals surface area contributed by atoms with E-state index in [0.717, 1.165) is 43.8 Å². The molecule has 1 aromatic rings. The monoisotopic (exact) mass is 750 g/mol. The Bertz CT molecular complexity index is 1240. The summed E-state index contributed by atoms with van der Waals surface area (Å²) in [7, 11) is 0. The number of allylic oxidation sites excluding steroid dienone is 2. The highest BCUT2D eigenvalue weighted by Gasteiger charge is 2.30. The number of amidine groups is 3. The van der Waals surface area contributed by atoms with Crippen molar-refractivity contribution in [1.82, 2.24) is 16.0 Å². The smallest absolute Gasteiger partial charge is 0.375 e. The van der Waals surface area contributed by atoms with E-state index >= 15 is 0 Å². The Balaban J connectivity index is 0.000000376. The lowest BCUT2D eigenvalue weighted by Crippen LogP contribution is -2.34. The van der Waals surface area contributed by atoms with Crippen LogP contribution in [0.15, 0.2) is 67.4 Å². The van der Waals surface area contributed by atoms with Crippen molar-refractivity contribution < 1.29 is 13.2 Å². The molecule has 0 saturated heterocycles. The summed E-state index contributed by atoms with van der Waals surface area (Å²) >= 11 is -0.111. The average molecular weight is 750 g/mol. The van der Waals surface area contributed by atoms with Gasteiger partial charge in [0.1, 0.15) is 5.84 Å². The molecule has 3 heterocycles. The summed E-state index contributed by atoms with van der Waals surface area (Å²) in [6.45, 7) is 21.9. The molecule has 0 spiro atoms. The zero-order valence-electron chi connectivity index (χ0n) is 33.7. The number of benzene rings is 1. The Morgan fingerprint density at radius 2 is 1.33 bits per heavy atom. The molecule has 5 rings (SSSR count). The van der Waals surface area contributed by atoms with E-state index in [1.54, 1.807) is 18.2 Å². The van der Waals surface area contributed by atoms with Gasteiger partial charge in [-0.1, -0.05) is 95.2 Å². The van der Waals surface area contributed by atoms with Crippen molar-refractivity contribution in [2.45, 2.75) is 161 Å².